The predicted octanol–water partition coefficient (Wildman–Crippen LogP) is 3.78. The first kappa shape index (κ1) is 13.1. The second-order valence-corrected chi connectivity index (χ2v) is 4.93. The number of rotatable bonds is 3. The zero-order valence-electron chi connectivity index (χ0n) is 10.9. The molecule has 0 amide bonds. The van der Waals surface area contributed by atoms with Crippen LogP contribution < -0.4 is 0 Å². The highest BCUT2D eigenvalue weighted by molar-refractivity contribution is 5.23. The molecule has 3 nitrogen and oxygen atoms in total. The van der Waals surface area contributed by atoms with Gasteiger partial charge < -0.3 is 0 Å². The first-order valence-corrected chi connectivity index (χ1v) is 6.56. The van der Waals surface area contributed by atoms with Crippen LogP contribution >= 0.6 is 0 Å². The number of hydrogen-bond acceptors (Lipinski definition) is 2. The number of nitrogens with zero attached hydrogens (tertiary/aromatic N) is 3. The van der Waals surface area contributed by atoms with Crippen LogP contribution in [0.15, 0.2) is 30.3 Å². The summed E-state index contributed by atoms with van der Waals surface area (Å²) in [5, 5.41) is 3.86. The van der Waals surface area contributed by atoms with Gasteiger partial charge in [-0.1, -0.05) is 37.3 Å². The number of halogens is 3. The third-order valence-electron chi connectivity index (χ3n) is 3.62. The van der Waals surface area contributed by atoms with Crippen molar-refractivity contribution in [3.8, 4) is 0 Å². The zero-order valence-corrected chi connectivity index (χ0v) is 10.9. The Morgan fingerprint density at radius 3 is 2.65 bits per heavy atom. The lowest BCUT2D eigenvalue weighted by atomic mass is 10.0. The SMILES string of the molecule is CCC(F)(F)c1nc2n(n1)C(c1ccccc1)CC2F. The second kappa shape index (κ2) is 4.61. The van der Waals surface area contributed by atoms with Gasteiger partial charge in [-0.05, 0) is 5.56 Å². The van der Waals surface area contributed by atoms with E-state index in [0.29, 0.717) is 0 Å². The van der Waals surface area contributed by atoms with E-state index in [1.165, 1.54) is 11.6 Å². The van der Waals surface area contributed by atoms with Gasteiger partial charge in [-0.15, -0.1) is 5.10 Å². The molecule has 20 heavy (non-hydrogen) atoms. The van der Waals surface area contributed by atoms with Gasteiger partial charge in [-0.25, -0.2) is 14.1 Å². The summed E-state index contributed by atoms with van der Waals surface area (Å²) in [5.74, 6) is -3.70. The first-order chi connectivity index (χ1) is 9.53. The summed E-state index contributed by atoms with van der Waals surface area (Å²) in [6.07, 6.45) is -1.56. The number of hydrogen-bond donors (Lipinski definition) is 0. The lowest BCUT2D eigenvalue weighted by Gasteiger charge is -2.13. The van der Waals surface area contributed by atoms with Crippen LogP contribution in [0.2, 0.25) is 0 Å². The van der Waals surface area contributed by atoms with Crippen LogP contribution in [0.3, 0.4) is 0 Å². The van der Waals surface area contributed by atoms with Crippen molar-refractivity contribution in [2.45, 2.75) is 37.9 Å². The molecule has 0 saturated carbocycles. The average molecular weight is 281 g/mol. The van der Waals surface area contributed by atoms with Crippen LogP contribution in [0, 0.1) is 0 Å². The predicted molar refractivity (Wildman–Crippen MR) is 67.3 cm³/mol. The Balaban J connectivity index is 2.02. The van der Waals surface area contributed by atoms with Crippen molar-refractivity contribution in [3.63, 3.8) is 0 Å². The van der Waals surface area contributed by atoms with Gasteiger partial charge in [0.05, 0.1) is 6.04 Å². The van der Waals surface area contributed by atoms with E-state index in [9.17, 15) is 13.2 Å². The molecule has 3 rings (SSSR count). The Labute approximate surface area is 114 Å². The van der Waals surface area contributed by atoms with Crippen LogP contribution in [0.25, 0.3) is 0 Å². The molecular formula is C14H14F3N3. The van der Waals surface area contributed by atoms with Gasteiger partial charge in [-0.2, -0.15) is 8.78 Å². The molecule has 2 unspecified atom stereocenters. The van der Waals surface area contributed by atoms with E-state index in [1.54, 1.807) is 0 Å². The summed E-state index contributed by atoms with van der Waals surface area (Å²) in [6.45, 7) is 1.35. The normalized spacial score (nSPS) is 22.0. The highest BCUT2D eigenvalue weighted by Gasteiger charge is 2.41. The maximum absolute atomic E-state index is 14.0. The smallest absolute Gasteiger partial charge is 0.239 e. The Hall–Kier alpha value is -1.85. The molecule has 0 bridgehead atoms. The number of fused-ring (bicyclic) bond motifs is 1. The molecule has 1 aliphatic rings. The summed E-state index contributed by atoms with van der Waals surface area (Å²) in [6, 6.07) is 8.83. The Bertz CT molecular complexity index is 609. The van der Waals surface area contributed by atoms with Crippen molar-refractivity contribution >= 4 is 0 Å². The van der Waals surface area contributed by atoms with E-state index in [0.717, 1.165) is 5.56 Å². The minimum Gasteiger partial charge on any atom is -0.239 e. The Morgan fingerprint density at radius 1 is 1.30 bits per heavy atom. The maximum Gasteiger partial charge on any atom is 0.308 e. The van der Waals surface area contributed by atoms with Gasteiger partial charge in [0.25, 0.3) is 0 Å². The minimum absolute atomic E-state index is 0.00183. The molecule has 0 spiro atoms. The standard InChI is InChI=1S/C14H14F3N3/c1-2-14(16,17)13-18-12-10(15)8-11(20(12)19-13)9-6-4-3-5-7-9/h3-7,10-11H,2,8H2,1H3. The molecule has 106 valence electrons. The van der Waals surface area contributed by atoms with Crippen molar-refractivity contribution in [1.82, 2.24) is 14.8 Å². The first-order valence-electron chi connectivity index (χ1n) is 6.56. The fraction of sp³-hybridized carbons (Fsp3) is 0.429. The molecule has 0 radical (unpaired) electrons. The van der Waals surface area contributed by atoms with Gasteiger partial charge >= 0.3 is 5.92 Å². The molecule has 0 saturated heterocycles. The number of alkyl halides is 3. The average Bonchev–Trinajstić information content (AvgIpc) is 3.01. The van der Waals surface area contributed by atoms with Crippen molar-refractivity contribution in [1.29, 1.82) is 0 Å². The highest BCUT2D eigenvalue weighted by Crippen LogP contribution is 2.41. The Morgan fingerprint density at radius 2 is 2.00 bits per heavy atom. The van der Waals surface area contributed by atoms with Crippen LogP contribution in [0.4, 0.5) is 13.2 Å². The molecule has 0 N–H and O–H groups in total. The van der Waals surface area contributed by atoms with Crippen LogP contribution in [0.1, 0.15) is 49.2 Å². The van der Waals surface area contributed by atoms with Crippen LogP contribution in [-0.4, -0.2) is 14.8 Å². The molecule has 2 heterocycles. The summed E-state index contributed by atoms with van der Waals surface area (Å²) in [5.41, 5.74) is 0.852. The highest BCUT2D eigenvalue weighted by atomic mass is 19.3. The molecule has 0 aliphatic carbocycles. The van der Waals surface area contributed by atoms with E-state index >= 15 is 0 Å². The van der Waals surface area contributed by atoms with Crippen molar-refractivity contribution < 1.29 is 13.2 Å². The lowest BCUT2D eigenvalue weighted by Crippen LogP contribution is -2.16. The van der Waals surface area contributed by atoms with Gasteiger partial charge in [0.1, 0.15) is 0 Å². The molecule has 1 aromatic carbocycles. The fourth-order valence-electron chi connectivity index (χ4n) is 2.45. The van der Waals surface area contributed by atoms with Crippen molar-refractivity contribution in [3.05, 3.63) is 47.5 Å². The quantitative estimate of drug-likeness (QED) is 0.857. The monoisotopic (exact) mass is 281 g/mol. The van der Waals surface area contributed by atoms with Gasteiger partial charge in [0.2, 0.25) is 5.82 Å². The van der Waals surface area contributed by atoms with Crippen LogP contribution in [-0.2, 0) is 5.92 Å². The molecular weight excluding hydrogens is 267 g/mol. The Kier molecular flexibility index (Phi) is 3.03. The lowest BCUT2D eigenvalue weighted by molar-refractivity contribution is -0.0180. The molecule has 2 aromatic rings. The summed E-state index contributed by atoms with van der Waals surface area (Å²) < 4.78 is 42.6. The van der Waals surface area contributed by atoms with Crippen molar-refractivity contribution in [2.24, 2.45) is 0 Å². The number of aromatic nitrogens is 3. The zero-order chi connectivity index (χ0) is 14.3. The topological polar surface area (TPSA) is 30.7 Å². The molecule has 6 heteroatoms. The van der Waals surface area contributed by atoms with E-state index in [2.05, 4.69) is 10.1 Å². The summed E-state index contributed by atoms with van der Waals surface area (Å²) in [4.78, 5) is 3.72. The van der Waals surface area contributed by atoms with Gasteiger partial charge in [0, 0.05) is 12.8 Å². The van der Waals surface area contributed by atoms with Gasteiger partial charge in [0.15, 0.2) is 12.0 Å². The van der Waals surface area contributed by atoms with Crippen LogP contribution in [0.5, 0.6) is 0 Å². The number of benzene rings is 1. The van der Waals surface area contributed by atoms with E-state index in [4.69, 9.17) is 0 Å². The molecule has 1 aliphatic heterocycles. The van der Waals surface area contributed by atoms with Crippen molar-refractivity contribution in [2.75, 3.05) is 0 Å². The minimum atomic E-state index is -3.11. The fourth-order valence-corrected chi connectivity index (χ4v) is 2.45. The van der Waals surface area contributed by atoms with E-state index in [-0.39, 0.29) is 18.3 Å². The van der Waals surface area contributed by atoms with E-state index < -0.39 is 24.3 Å². The van der Waals surface area contributed by atoms with Gasteiger partial charge in [-0.3, -0.25) is 0 Å². The molecule has 1 aromatic heterocycles. The van der Waals surface area contributed by atoms with E-state index in [1.807, 2.05) is 30.3 Å². The summed E-state index contributed by atoms with van der Waals surface area (Å²) >= 11 is 0. The third-order valence-corrected chi connectivity index (χ3v) is 3.62. The summed E-state index contributed by atoms with van der Waals surface area (Å²) in [7, 11) is 0. The molecule has 2 atom stereocenters. The third kappa shape index (κ3) is 1.99. The maximum atomic E-state index is 14.0. The second-order valence-electron chi connectivity index (χ2n) is 4.93. The largest absolute Gasteiger partial charge is 0.308 e. The molecule has 0 fully saturated rings.